The van der Waals surface area contributed by atoms with Gasteiger partial charge in [0.25, 0.3) is 17.5 Å². The predicted octanol–water partition coefficient (Wildman–Crippen LogP) is 2.82. The molecule has 28 heavy (non-hydrogen) atoms. The van der Waals surface area contributed by atoms with Crippen molar-refractivity contribution < 1.29 is 19.2 Å². The van der Waals surface area contributed by atoms with Gasteiger partial charge in [0, 0.05) is 18.7 Å². The van der Waals surface area contributed by atoms with Crippen LogP contribution in [0.1, 0.15) is 39.1 Å². The van der Waals surface area contributed by atoms with Crippen molar-refractivity contribution in [2.75, 3.05) is 13.8 Å². The number of nitrogens with zero attached hydrogens (tertiary/aromatic N) is 3. The van der Waals surface area contributed by atoms with E-state index in [0.717, 1.165) is 29.1 Å². The lowest BCUT2D eigenvalue weighted by Crippen LogP contribution is -2.42. The first kappa shape index (κ1) is 18.1. The number of rotatable bonds is 7. The average Bonchev–Trinajstić information content (AvgIpc) is 3.52. The number of carbonyl (C=O) groups is 2. The number of nitro benzene ring substituents is 1. The molecule has 1 aliphatic carbocycles. The van der Waals surface area contributed by atoms with E-state index < -0.39 is 16.7 Å². The van der Waals surface area contributed by atoms with Crippen LogP contribution in [0.25, 0.3) is 0 Å². The molecule has 0 N–H and O–H groups in total. The molecule has 4 rings (SSSR count). The Morgan fingerprint density at radius 3 is 2.46 bits per heavy atom. The van der Waals surface area contributed by atoms with Crippen LogP contribution < -0.4 is 4.74 Å². The van der Waals surface area contributed by atoms with Crippen LogP contribution >= 0.6 is 0 Å². The van der Waals surface area contributed by atoms with Gasteiger partial charge in [-0.1, -0.05) is 18.2 Å². The molecule has 1 fully saturated rings. The van der Waals surface area contributed by atoms with Crippen molar-refractivity contribution in [3.63, 3.8) is 0 Å². The fraction of sp³-hybridized carbons (Fsp3) is 0.300. The molecule has 1 aliphatic heterocycles. The lowest BCUT2D eigenvalue weighted by Gasteiger charge is -2.26. The summed E-state index contributed by atoms with van der Waals surface area (Å²) in [5.74, 6) is -0.328. The van der Waals surface area contributed by atoms with E-state index in [1.54, 1.807) is 7.11 Å². The zero-order chi connectivity index (χ0) is 19.8. The molecular formula is C20H19N3O5. The maximum atomic E-state index is 12.8. The highest BCUT2D eigenvalue weighted by molar-refractivity contribution is 6.23. The lowest BCUT2D eigenvalue weighted by atomic mass is 10.1. The molecule has 1 heterocycles. The van der Waals surface area contributed by atoms with E-state index in [4.69, 9.17) is 4.74 Å². The quantitative estimate of drug-likeness (QED) is 0.416. The van der Waals surface area contributed by atoms with Gasteiger partial charge in [0.15, 0.2) is 0 Å². The van der Waals surface area contributed by atoms with Crippen LogP contribution in [0, 0.1) is 10.1 Å². The van der Waals surface area contributed by atoms with E-state index in [1.165, 1.54) is 18.2 Å². The van der Waals surface area contributed by atoms with Crippen LogP contribution in [0.3, 0.4) is 0 Å². The SMILES string of the molecule is COc1ccc(CN(CN2C(=O)c3cccc([N+](=O)[O-])c3C2=O)C2CC2)cc1. The van der Waals surface area contributed by atoms with Gasteiger partial charge in [-0.05, 0) is 36.6 Å². The zero-order valence-electron chi connectivity index (χ0n) is 15.3. The molecule has 8 heteroatoms. The van der Waals surface area contributed by atoms with Gasteiger partial charge in [0.2, 0.25) is 0 Å². The van der Waals surface area contributed by atoms with Crippen molar-refractivity contribution in [2.45, 2.75) is 25.4 Å². The fourth-order valence-corrected chi connectivity index (χ4v) is 3.48. The molecule has 8 nitrogen and oxygen atoms in total. The van der Waals surface area contributed by atoms with Crippen molar-refractivity contribution >= 4 is 17.5 Å². The summed E-state index contributed by atoms with van der Waals surface area (Å²) in [7, 11) is 1.60. The lowest BCUT2D eigenvalue weighted by molar-refractivity contribution is -0.385. The number of ether oxygens (including phenoxy) is 1. The summed E-state index contributed by atoms with van der Waals surface area (Å²) in [6.07, 6.45) is 2.00. The molecule has 0 aromatic heterocycles. The van der Waals surface area contributed by atoms with Gasteiger partial charge in [-0.3, -0.25) is 29.5 Å². The van der Waals surface area contributed by atoms with E-state index in [9.17, 15) is 19.7 Å². The monoisotopic (exact) mass is 381 g/mol. The molecule has 2 amide bonds. The minimum atomic E-state index is -0.622. The molecule has 2 aromatic rings. The molecular weight excluding hydrogens is 362 g/mol. The Morgan fingerprint density at radius 1 is 1.14 bits per heavy atom. The predicted molar refractivity (Wildman–Crippen MR) is 100 cm³/mol. The molecule has 0 bridgehead atoms. The van der Waals surface area contributed by atoms with Gasteiger partial charge >= 0.3 is 0 Å². The molecule has 0 saturated heterocycles. The smallest absolute Gasteiger partial charge is 0.282 e. The van der Waals surface area contributed by atoms with Gasteiger partial charge in [0.1, 0.15) is 11.3 Å². The Kier molecular flexibility index (Phi) is 4.56. The maximum Gasteiger partial charge on any atom is 0.282 e. The average molecular weight is 381 g/mol. The summed E-state index contributed by atoms with van der Waals surface area (Å²) in [6.45, 7) is 0.685. The molecule has 0 radical (unpaired) electrons. The largest absolute Gasteiger partial charge is 0.497 e. The molecule has 0 unspecified atom stereocenters. The Bertz CT molecular complexity index is 953. The first-order valence-electron chi connectivity index (χ1n) is 9.00. The maximum absolute atomic E-state index is 12.8. The molecule has 0 atom stereocenters. The second-order valence-electron chi connectivity index (χ2n) is 6.96. The molecule has 1 saturated carbocycles. The van der Waals surface area contributed by atoms with Crippen LogP contribution in [-0.2, 0) is 6.54 Å². The van der Waals surface area contributed by atoms with Crippen LogP contribution in [0.5, 0.6) is 5.75 Å². The number of carbonyl (C=O) groups excluding carboxylic acids is 2. The third-order valence-corrected chi connectivity index (χ3v) is 5.10. The number of benzene rings is 2. The third kappa shape index (κ3) is 3.22. The third-order valence-electron chi connectivity index (χ3n) is 5.10. The highest BCUT2D eigenvalue weighted by Gasteiger charge is 2.43. The first-order valence-corrected chi connectivity index (χ1v) is 9.00. The van der Waals surface area contributed by atoms with E-state index in [0.29, 0.717) is 12.6 Å². The standard InChI is InChI=1S/C20H19N3O5/c1-28-15-9-5-13(6-10-15)11-21(14-7-8-14)12-22-19(24)16-3-2-4-17(23(26)27)18(16)20(22)25/h2-6,9-10,14H,7-8,11-12H2,1H3. The van der Waals surface area contributed by atoms with Crippen molar-refractivity contribution in [3.05, 3.63) is 69.3 Å². The van der Waals surface area contributed by atoms with Gasteiger partial charge < -0.3 is 4.74 Å². The van der Waals surface area contributed by atoms with Crippen LogP contribution in [0.4, 0.5) is 5.69 Å². The topological polar surface area (TPSA) is 93.0 Å². The highest BCUT2D eigenvalue weighted by atomic mass is 16.6. The Morgan fingerprint density at radius 2 is 1.86 bits per heavy atom. The van der Waals surface area contributed by atoms with Crippen molar-refractivity contribution in [1.29, 1.82) is 0 Å². The number of amides is 2. The van der Waals surface area contributed by atoms with E-state index >= 15 is 0 Å². The summed E-state index contributed by atoms with van der Waals surface area (Å²) < 4.78 is 5.17. The van der Waals surface area contributed by atoms with Crippen molar-refractivity contribution in [1.82, 2.24) is 9.80 Å². The Balaban J connectivity index is 1.56. The van der Waals surface area contributed by atoms with Gasteiger partial charge in [-0.25, -0.2) is 0 Å². The van der Waals surface area contributed by atoms with E-state index in [2.05, 4.69) is 4.90 Å². The summed E-state index contributed by atoms with van der Waals surface area (Å²) in [5, 5.41) is 11.3. The molecule has 2 aromatic carbocycles. The number of imide groups is 1. The second kappa shape index (κ2) is 7.05. The highest BCUT2D eigenvalue weighted by Crippen LogP contribution is 2.33. The van der Waals surface area contributed by atoms with E-state index in [-0.39, 0.29) is 23.5 Å². The minimum Gasteiger partial charge on any atom is -0.497 e. The second-order valence-corrected chi connectivity index (χ2v) is 6.96. The van der Waals surface area contributed by atoms with Crippen molar-refractivity contribution in [3.8, 4) is 5.75 Å². The number of fused-ring (bicyclic) bond motifs is 1. The summed E-state index contributed by atoms with van der Waals surface area (Å²) in [5.41, 5.74) is 0.693. The van der Waals surface area contributed by atoms with Crippen LogP contribution in [0.2, 0.25) is 0 Å². The minimum absolute atomic E-state index is 0.0967. The Labute approximate surface area is 161 Å². The van der Waals surface area contributed by atoms with Crippen molar-refractivity contribution in [2.24, 2.45) is 0 Å². The zero-order valence-corrected chi connectivity index (χ0v) is 15.3. The first-order chi connectivity index (χ1) is 13.5. The number of methoxy groups -OCH3 is 1. The van der Waals surface area contributed by atoms with Gasteiger partial charge in [-0.2, -0.15) is 0 Å². The van der Waals surface area contributed by atoms with E-state index in [1.807, 2.05) is 24.3 Å². The summed E-state index contributed by atoms with van der Waals surface area (Å²) in [6, 6.07) is 12.1. The number of hydrogen-bond acceptors (Lipinski definition) is 6. The number of hydrogen-bond donors (Lipinski definition) is 0. The number of nitro groups is 1. The summed E-state index contributed by atoms with van der Waals surface area (Å²) in [4.78, 5) is 39.4. The van der Waals surface area contributed by atoms with Gasteiger partial charge in [-0.15, -0.1) is 0 Å². The Hall–Kier alpha value is -3.26. The van der Waals surface area contributed by atoms with Crippen LogP contribution in [0.15, 0.2) is 42.5 Å². The molecule has 144 valence electrons. The normalized spacial score (nSPS) is 15.9. The van der Waals surface area contributed by atoms with Gasteiger partial charge in [0.05, 0.1) is 24.3 Å². The molecule has 2 aliphatic rings. The van der Waals surface area contributed by atoms with Crippen LogP contribution in [-0.4, -0.2) is 46.4 Å². The fourth-order valence-electron chi connectivity index (χ4n) is 3.48. The molecule has 0 spiro atoms. The summed E-state index contributed by atoms with van der Waals surface area (Å²) >= 11 is 0.